The van der Waals surface area contributed by atoms with E-state index in [1.807, 2.05) is 13.0 Å². The maximum Gasteiger partial charge on any atom is 0.251 e. The van der Waals surface area contributed by atoms with Crippen LogP contribution in [-0.2, 0) is 0 Å². The molecule has 0 heterocycles. The average molecular weight is 286 g/mol. The van der Waals surface area contributed by atoms with Gasteiger partial charge < -0.3 is 5.32 Å². The molecular weight excluding hydrogens is 269 g/mol. The summed E-state index contributed by atoms with van der Waals surface area (Å²) in [6.45, 7) is 2.62. The van der Waals surface area contributed by atoms with E-state index in [0.717, 1.165) is 24.8 Å². The molecule has 2 unspecified atom stereocenters. The number of rotatable bonds is 3. The quantitative estimate of drug-likeness (QED) is 0.842. The fourth-order valence-corrected chi connectivity index (χ4v) is 2.83. The van der Waals surface area contributed by atoms with Crippen molar-refractivity contribution in [3.63, 3.8) is 0 Å². The van der Waals surface area contributed by atoms with Crippen LogP contribution >= 0.6 is 23.2 Å². The number of amides is 1. The van der Waals surface area contributed by atoms with Crippen LogP contribution in [0.25, 0.3) is 0 Å². The minimum absolute atomic E-state index is 0.0603. The summed E-state index contributed by atoms with van der Waals surface area (Å²) >= 11 is 12.1. The standard InChI is InChI=1S/C14H17Cl2NO/c1-9-2-4-11(7-13(9)16)14(18)17-8-10-3-5-12(15)6-10/h2,4,7,10,12H,3,5-6,8H2,1H3,(H,17,18). The van der Waals surface area contributed by atoms with Crippen LogP contribution in [0.15, 0.2) is 18.2 Å². The van der Waals surface area contributed by atoms with Gasteiger partial charge in [0.15, 0.2) is 0 Å². The van der Waals surface area contributed by atoms with E-state index in [-0.39, 0.29) is 11.3 Å². The van der Waals surface area contributed by atoms with Gasteiger partial charge in [0, 0.05) is 22.5 Å². The molecule has 1 aliphatic rings. The van der Waals surface area contributed by atoms with Crippen molar-refractivity contribution in [2.24, 2.45) is 5.92 Å². The topological polar surface area (TPSA) is 29.1 Å². The largest absolute Gasteiger partial charge is 0.352 e. The minimum atomic E-state index is -0.0603. The van der Waals surface area contributed by atoms with E-state index < -0.39 is 0 Å². The van der Waals surface area contributed by atoms with Gasteiger partial charge >= 0.3 is 0 Å². The van der Waals surface area contributed by atoms with Crippen molar-refractivity contribution in [3.8, 4) is 0 Å². The normalized spacial score (nSPS) is 23.1. The van der Waals surface area contributed by atoms with E-state index >= 15 is 0 Å². The van der Waals surface area contributed by atoms with Crippen LogP contribution in [-0.4, -0.2) is 17.8 Å². The molecule has 2 rings (SSSR count). The van der Waals surface area contributed by atoms with Crippen molar-refractivity contribution in [2.45, 2.75) is 31.6 Å². The van der Waals surface area contributed by atoms with Crippen LogP contribution in [0.1, 0.15) is 35.2 Å². The minimum Gasteiger partial charge on any atom is -0.352 e. The van der Waals surface area contributed by atoms with Gasteiger partial charge in [-0.1, -0.05) is 17.7 Å². The van der Waals surface area contributed by atoms with Gasteiger partial charge in [0.2, 0.25) is 0 Å². The molecule has 1 amide bonds. The first kappa shape index (κ1) is 13.7. The van der Waals surface area contributed by atoms with E-state index in [0.29, 0.717) is 23.0 Å². The van der Waals surface area contributed by atoms with Gasteiger partial charge in [-0.3, -0.25) is 4.79 Å². The van der Waals surface area contributed by atoms with Crippen molar-refractivity contribution < 1.29 is 4.79 Å². The van der Waals surface area contributed by atoms with Crippen molar-refractivity contribution in [2.75, 3.05) is 6.54 Å². The average Bonchev–Trinajstić information content (AvgIpc) is 2.75. The lowest BCUT2D eigenvalue weighted by Gasteiger charge is -2.11. The first-order valence-corrected chi connectivity index (χ1v) is 7.06. The molecule has 1 aromatic rings. The summed E-state index contributed by atoms with van der Waals surface area (Å²) in [5.41, 5.74) is 1.60. The van der Waals surface area contributed by atoms with Crippen LogP contribution in [0.5, 0.6) is 0 Å². The number of alkyl halides is 1. The number of hydrogen-bond acceptors (Lipinski definition) is 1. The number of benzene rings is 1. The zero-order valence-corrected chi connectivity index (χ0v) is 11.9. The van der Waals surface area contributed by atoms with E-state index in [9.17, 15) is 4.79 Å². The maximum atomic E-state index is 11.9. The Morgan fingerprint density at radius 2 is 2.22 bits per heavy atom. The molecule has 0 aliphatic heterocycles. The van der Waals surface area contributed by atoms with Crippen molar-refractivity contribution in [1.82, 2.24) is 5.32 Å². The highest BCUT2D eigenvalue weighted by molar-refractivity contribution is 6.31. The van der Waals surface area contributed by atoms with Crippen LogP contribution in [0.2, 0.25) is 5.02 Å². The van der Waals surface area contributed by atoms with E-state index in [1.165, 1.54) is 0 Å². The van der Waals surface area contributed by atoms with Crippen LogP contribution in [0.3, 0.4) is 0 Å². The Morgan fingerprint density at radius 3 is 2.83 bits per heavy atom. The Balaban J connectivity index is 1.89. The smallest absolute Gasteiger partial charge is 0.251 e. The van der Waals surface area contributed by atoms with Gasteiger partial charge in [0.1, 0.15) is 0 Å². The fourth-order valence-electron chi connectivity index (χ4n) is 2.27. The van der Waals surface area contributed by atoms with E-state index in [2.05, 4.69) is 5.32 Å². The van der Waals surface area contributed by atoms with E-state index in [1.54, 1.807) is 12.1 Å². The molecule has 0 bridgehead atoms. The van der Waals surface area contributed by atoms with Gasteiger partial charge in [-0.2, -0.15) is 0 Å². The van der Waals surface area contributed by atoms with Gasteiger partial charge in [-0.05, 0) is 49.8 Å². The van der Waals surface area contributed by atoms with Gasteiger partial charge in [0.05, 0.1) is 0 Å². The Hall–Kier alpha value is -0.730. The lowest BCUT2D eigenvalue weighted by molar-refractivity contribution is 0.0947. The van der Waals surface area contributed by atoms with Crippen LogP contribution in [0.4, 0.5) is 0 Å². The summed E-state index contributed by atoms with van der Waals surface area (Å²) in [5, 5.41) is 3.86. The van der Waals surface area contributed by atoms with Gasteiger partial charge in [0.25, 0.3) is 5.91 Å². The Kier molecular flexibility index (Phi) is 4.52. The molecule has 2 atom stereocenters. The molecule has 18 heavy (non-hydrogen) atoms. The molecule has 1 aromatic carbocycles. The summed E-state index contributed by atoms with van der Waals surface area (Å²) in [4.78, 5) is 11.9. The lowest BCUT2D eigenvalue weighted by Crippen LogP contribution is -2.28. The monoisotopic (exact) mass is 285 g/mol. The predicted octanol–water partition coefficient (Wildman–Crippen LogP) is 3.79. The second-order valence-corrected chi connectivity index (χ2v) is 5.97. The third-order valence-corrected chi connectivity index (χ3v) is 4.27. The highest BCUT2D eigenvalue weighted by atomic mass is 35.5. The molecule has 0 spiro atoms. The predicted molar refractivity (Wildman–Crippen MR) is 75.5 cm³/mol. The van der Waals surface area contributed by atoms with Gasteiger partial charge in [-0.25, -0.2) is 0 Å². The number of nitrogens with one attached hydrogen (secondary N) is 1. The molecule has 1 saturated carbocycles. The fraction of sp³-hybridized carbons (Fsp3) is 0.500. The summed E-state index contributed by atoms with van der Waals surface area (Å²) in [6.07, 6.45) is 3.15. The second-order valence-electron chi connectivity index (χ2n) is 4.95. The summed E-state index contributed by atoms with van der Waals surface area (Å²) in [7, 11) is 0. The zero-order chi connectivity index (χ0) is 13.1. The Morgan fingerprint density at radius 1 is 1.44 bits per heavy atom. The third-order valence-electron chi connectivity index (χ3n) is 3.46. The SMILES string of the molecule is Cc1ccc(C(=O)NCC2CCC(Cl)C2)cc1Cl. The number of hydrogen-bond donors (Lipinski definition) is 1. The number of carbonyl (C=O) groups excluding carboxylic acids is 1. The molecule has 1 aliphatic carbocycles. The Bertz CT molecular complexity index is 447. The van der Waals surface area contributed by atoms with Crippen LogP contribution in [0, 0.1) is 12.8 Å². The number of halogens is 2. The zero-order valence-electron chi connectivity index (χ0n) is 10.4. The highest BCUT2D eigenvalue weighted by Gasteiger charge is 2.23. The number of aryl methyl sites for hydroxylation is 1. The van der Waals surface area contributed by atoms with Crippen molar-refractivity contribution in [3.05, 3.63) is 34.3 Å². The molecule has 1 fully saturated rings. The van der Waals surface area contributed by atoms with E-state index in [4.69, 9.17) is 23.2 Å². The molecule has 4 heteroatoms. The van der Waals surface area contributed by atoms with Crippen molar-refractivity contribution in [1.29, 1.82) is 0 Å². The molecule has 0 radical (unpaired) electrons. The van der Waals surface area contributed by atoms with Crippen molar-refractivity contribution >= 4 is 29.1 Å². The van der Waals surface area contributed by atoms with Crippen LogP contribution < -0.4 is 5.32 Å². The maximum absolute atomic E-state index is 11.9. The number of carbonyl (C=O) groups is 1. The lowest BCUT2D eigenvalue weighted by atomic mass is 10.1. The molecule has 0 aromatic heterocycles. The first-order chi connectivity index (χ1) is 8.56. The molecule has 98 valence electrons. The molecule has 0 saturated heterocycles. The first-order valence-electron chi connectivity index (χ1n) is 6.24. The molecule has 2 nitrogen and oxygen atoms in total. The summed E-state index contributed by atoms with van der Waals surface area (Å²) < 4.78 is 0. The summed E-state index contributed by atoms with van der Waals surface area (Å²) in [6, 6.07) is 5.38. The Labute approximate surface area is 118 Å². The van der Waals surface area contributed by atoms with Gasteiger partial charge in [-0.15, -0.1) is 11.6 Å². The highest BCUT2D eigenvalue weighted by Crippen LogP contribution is 2.28. The third kappa shape index (κ3) is 3.39. The summed E-state index contributed by atoms with van der Waals surface area (Å²) in [5.74, 6) is 0.451. The molecular formula is C14H17Cl2NO. The second kappa shape index (κ2) is 5.94. The molecule has 1 N–H and O–H groups in total.